The minimum absolute atomic E-state index is 0.376. The van der Waals surface area contributed by atoms with Crippen LogP contribution in [0, 0.1) is 0 Å². The molecule has 1 aromatic carbocycles. The minimum atomic E-state index is -0.441. The van der Waals surface area contributed by atoms with Crippen molar-refractivity contribution in [1.29, 1.82) is 0 Å². The number of benzene rings is 1. The Morgan fingerprint density at radius 1 is 1.19 bits per heavy atom. The first-order valence-corrected chi connectivity index (χ1v) is 11.3. The van der Waals surface area contributed by atoms with E-state index in [2.05, 4.69) is 25.1 Å². The van der Waals surface area contributed by atoms with Gasteiger partial charge in [-0.05, 0) is 12.5 Å². The molecule has 0 radical (unpaired) electrons. The first kappa shape index (κ1) is 20.3. The van der Waals surface area contributed by atoms with Crippen LogP contribution in [0.25, 0.3) is 33.5 Å². The summed E-state index contributed by atoms with van der Waals surface area (Å²) < 4.78 is 9.08. The van der Waals surface area contributed by atoms with Crippen LogP contribution in [0.2, 0.25) is 0 Å². The molecule has 0 spiro atoms. The van der Waals surface area contributed by atoms with Gasteiger partial charge in [-0.1, -0.05) is 43.3 Å². The normalized spacial score (nSPS) is 11.7. The first-order chi connectivity index (χ1) is 15.6. The second kappa shape index (κ2) is 8.15. The predicted octanol–water partition coefficient (Wildman–Crippen LogP) is 3.05. The summed E-state index contributed by atoms with van der Waals surface area (Å²) in [5.74, 6) is 1.47. The van der Waals surface area contributed by atoms with Crippen molar-refractivity contribution >= 4 is 33.8 Å². The molecule has 4 heterocycles. The third-order valence-electron chi connectivity index (χ3n) is 5.39. The second-order valence-corrected chi connectivity index (χ2v) is 8.36. The zero-order valence-electron chi connectivity index (χ0n) is 17.6. The number of aromatic nitrogens is 7. The number of para-hydroxylation sites is 1. The fraction of sp³-hybridized carbons (Fsp3) is 0.286. The zero-order valence-corrected chi connectivity index (χ0v) is 18.4. The number of aromatic amines is 2. The van der Waals surface area contributed by atoms with Crippen LogP contribution in [0.3, 0.4) is 0 Å². The Balaban J connectivity index is 1.42. The molecule has 164 valence electrons. The second-order valence-electron chi connectivity index (χ2n) is 7.43. The van der Waals surface area contributed by atoms with Gasteiger partial charge in [0.15, 0.2) is 11.2 Å². The molecule has 0 saturated carbocycles. The molecule has 0 saturated heterocycles. The van der Waals surface area contributed by atoms with Crippen LogP contribution in [0.4, 0.5) is 0 Å². The molecule has 0 unspecified atom stereocenters. The molecule has 2 N–H and O–H groups in total. The summed E-state index contributed by atoms with van der Waals surface area (Å²) >= 11 is 1.33. The zero-order chi connectivity index (χ0) is 22.2. The number of nitrogens with one attached hydrogen (secondary N) is 2. The molecule has 0 aliphatic heterocycles. The highest BCUT2D eigenvalue weighted by Gasteiger charge is 2.18. The Hall–Kier alpha value is -3.60. The highest BCUT2D eigenvalue weighted by atomic mass is 32.2. The van der Waals surface area contributed by atoms with Gasteiger partial charge in [0.25, 0.3) is 16.7 Å². The molecule has 11 heteroatoms. The van der Waals surface area contributed by atoms with Crippen molar-refractivity contribution in [1.82, 2.24) is 34.3 Å². The number of rotatable bonds is 7. The molecule has 0 aliphatic carbocycles. The Bertz CT molecular complexity index is 1540. The Kier molecular flexibility index (Phi) is 5.17. The van der Waals surface area contributed by atoms with E-state index in [9.17, 15) is 9.59 Å². The quantitative estimate of drug-likeness (QED) is 0.364. The molecule has 0 bridgehead atoms. The number of thioether (sulfide) groups is 1. The van der Waals surface area contributed by atoms with E-state index in [0.717, 1.165) is 29.3 Å². The van der Waals surface area contributed by atoms with Gasteiger partial charge in [-0.2, -0.15) is 0 Å². The highest BCUT2D eigenvalue weighted by molar-refractivity contribution is 7.98. The van der Waals surface area contributed by atoms with Gasteiger partial charge in [-0.25, -0.2) is 9.78 Å². The van der Waals surface area contributed by atoms with Crippen LogP contribution in [0.1, 0.15) is 25.6 Å². The summed E-state index contributed by atoms with van der Waals surface area (Å²) in [5.41, 5.74) is 1.73. The average Bonchev–Trinajstić information content (AvgIpc) is 3.49. The van der Waals surface area contributed by atoms with E-state index < -0.39 is 11.2 Å². The van der Waals surface area contributed by atoms with Crippen molar-refractivity contribution in [2.24, 2.45) is 7.05 Å². The van der Waals surface area contributed by atoms with Crippen molar-refractivity contribution in [3.8, 4) is 11.5 Å². The van der Waals surface area contributed by atoms with Gasteiger partial charge in [0, 0.05) is 30.7 Å². The summed E-state index contributed by atoms with van der Waals surface area (Å²) in [6, 6.07) is 7.90. The van der Waals surface area contributed by atoms with E-state index in [0.29, 0.717) is 40.4 Å². The van der Waals surface area contributed by atoms with Crippen LogP contribution in [-0.2, 0) is 19.3 Å². The predicted molar refractivity (Wildman–Crippen MR) is 122 cm³/mol. The molecule has 0 amide bonds. The number of unbranched alkanes of at least 4 members (excludes halogenated alkanes) is 1. The SMILES string of the molecule is CCCCn1c(=O)[nH]c(=O)c2c1nc(CSc1nnc(-c3c[nH]c4ccccc34)o1)n2C. The molecule has 32 heavy (non-hydrogen) atoms. The van der Waals surface area contributed by atoms with Crippen molar-refractivity contribution in [2.45, 2.75) is 37.3 Å². The molecule has 0 atom stereocenters. The molecule has 4 aromatic heterocycles. The molecule has 0 fully saturated rings. The summed E-state index contributed by atoms with van der Waals surface area (Å²) in [6.45, 7) is 2.55. The Labute approximate surface area is 185 Å². The van der Waals surface area contributed by atoms with Crippen LogP contribution in [-0.4, -0.2) is 34.3 Å². The van der Waals surface area contributed by atoms with Gasteiger partial charge in [-0.3, -0.25) is 14.3 Å². The maximum atomic E-state index is 12.4. The topological polar surface area (TPSA) is 127 Å². The number of hydrogen-bond acceptors (Lipinski definition) is 7. The third kappa shape index (κ3) is 3.44. The molecule has 0 aliphatic rings. The average molecular weight is 452 g/mol. The molecular weight excluding hydrogens is 430 g/mol. The lowest BCUT2D eigenvalue weighted by Crippen LogP contribution is -2.31. The largest absolute Gasteiger partial charge is 0.411 e. The van der Waals surface area contributed by atoms with Gasteiger partial charge in [-0.15, -0.1) is 10.2 Å². The van der Waals surface area contributed by atoms with Gasteiger partial charge >= 0.3 is 5.69 Å². The van der Waals surface area contributed by atoms with Crippen molar-refractivity contribution in [3.05, 3.63) is 57.1 Å². The number of H-pyrrole nitrogens is 2. The van der Waals surface area contributed by atoms with E-state index in [1.807, 2.05) is 37.4 Å². The van der Waals surface area contributed by atoms with Crippen molar-refractivity contribution in [3.63, 3.8) is 0 Å². The first-order valence-electron chi connectivity index (χ1n) is 10.3. The van der Waals surface area contributed by atoms with Gasteiger partial charge in [0.05, 0.1) is 11.3 Å². The van der Waals surface area contributed by atoms with Crippen LogP contribution in [0.5, 0.6) is 0 Å². The van der Waals surface area contributed by atoms with Gasteiger partial charge in [0.1, 0.15) is 5.82 Å². The lowest BCUT2D eigenvalue weighted by molar-refractivity contribution is 0.466. The summed E-state index contributed by atoms with van der Waals surface area (Å²) in [7, 11) is 1.76. The van der Waals surface area contributed by atoms with Crippen LogP contribution in [0.15, 0.2) is 49.7 Å². The molecular formula is C21H21N7O3S. The Morgan fingerprint density at radius 2 is 2.03 bits per heavy atom. The number of hydrogen-bond donors (Lipinski definition) is 2. The summed E-state index contributed by atoms with van der Waals surface area (Å²) in [6.07, 6.45) is 3.60. The third-order valence-corrected chi connectivity index (χ3v) is 6.21. The van der Waals surface area contributed by atoms with E-state index in [1.54, 1.807) is 11.6 Å². The monoisotopic (exact) mass is 451 g/mol. The molecule has 10 nitrogen and oxygen atoms in total. The highest BCUT2D eigenvalue weighted by Crippen LogP contribution is 2.30. The van der Waals surface area contributed by atoms with E-state index in [-0.39, 0.29) is 0 Å². The number of imidazole rings is 1. The smallest absolute Gasteiger partial charge is 0.330 e. The van der Waals surface area contributed by atoms with E-state index in [4.69, 9.17) is 4.42 Å². The number of aryl methyl sites for hydroxylation is 2. The minimum Gasteiger partial charge on any atom is -0.411 e. The maximum Gasteiger partial charge on any atom is 0.330 e. The van der Waals surface area contributed by atoms with Crippen LogP contribution < -0.4 is 11.2 Å². The number of fused-ring (bicyclic) bond motifs is 2. The van der Waals surface area contributed by atoms with Gasteiger partial charge in [0.2, 0.25) is 0 Å². The van der Waals surface area contributed by atoms with E-state index in [1.165, 1.54) is 16.3 Å². The van der Waals surface area contributed by atoms with Crippen molar-refractivity contribution < 1.29 is 4.42 Å². The summed E-state index contributed by atoms with van der Waals surface area (Å²) in [4.78, 5) is 34.9. The maximum absolute atomic E-state index is 12.4. The van der Waals surface area contributed by atoms with Crippen molar-refractivity contribution in [2.75, 3.05) is 0 Å². The molecule has 5 rings (SSSR count). The fourth-order valence-electron chi connectivity index (χ4n) is 3.70. The lowest BCUT2D eigenvalue weighted by Gasteiger charge is -2.04. The lowest BCUT2D eigenvalue weighted by atomic mass is 10.2. The van der Waals surface area contributed by atoms with E-state index >= 15 is 0 Å². The Morgan fingerprint density at radius 3 is 2.88 bits per heavy atom. The van der Waals surface area contributed by atoms with Crippen LogP contribution >= 0.6 is 11.8 Å². The standard InChI is InChI=1S/C21H21N7O3S/c1-3-4-9-28-17-16(18(29)24-20(28)30)27(2)15(23-17)11-32-21-26-25-19(31-21)13-10-22-14-8-6-5-7-12(13)14/h5-8,10,22H,3-4,9,11H2,1-2H3,(H,24,29,30). The van der Waals surface area contributed by atoms with Gasteiger partial charge < -0.3 is 14.0 Å². The number of nitrogens with zero attached hydrogens (tertiary/aromatic N) is 5. The molecule has 5 aromatic rings. The summed E-state index contributed by atoms with van der Waals surface area (Å²) in [5, 5.41) is 9.72. The fourth-order valence-corrected chi connectivity index (χ4v) is 4.44.